The van der Waals surface area contributed by atoms with Crippen LogP contribution in [0.2, 0.25) is 0 Å². The van der Waals surface area contributed by atoms with Crippen LogP contribution in [0.5, 0.6) is 0 Å². The average molecular weight is 293 g/mol. The van der Waals surface area contributed by atoms with E-state index in [9.17, 15) is 4.79 Å². The molecule has 1 aliphatic rings. The van der Waals surface area contributed by atoms with E-state index < -0.39 is 0 Å². The number of para-hydroxylation sites is 1. The first-order chi connectivity index (χ1) is 10.3. The van der Waals surface area contributed by atoms with Crippen molar-refractivity contribution in [3.05, 3.63) is 65.4 Å². The van der Waals surface area contributed by atoms with Crippen LogP contribution < -0.4 is 5.32 Å². The summed E-state index contributed by atoms with van der Waals surface area (Å²) in [5.41, 5.74) is 3.42. The molecule has 1 amide bonds. The minimum Gasteiger partial charge on any atom is -0.321 e. The van der Waals surface area contributed by atoms with Gasteiger partial charge in [-0.25, -0.2) is 4.98 Å². The summed E-state index contributed by atoms with van der Waals surface area (Å²) in [5, 5.41) is 5.71. The van der Waals surface area contributed by atoms with Crippen molar-refractivity contribution in [3.63, 3.8) is 0 Å². The average Bonchev–Trinajstić information content (AvgIpc) is 3.20. The quantitative estimate of drug-likeness (QED) is 0.736. The largest absolute Gasteiger partial charge is 0.321 e. The second-order valence-corrected chi connectivity index (χ2v) is 5.55. The molecule has 1 aromatic carbocycles. The summed E-state index contributed by atoms with van der Waals surface area (Å²) in [5.74, 6) is -0.0666. The Morgan fingerprint density at radius 1 is 1.19 bits per heavy atom. The van der Waals surface area contributed by atoms with Crippen molar-refractivity contribution >= 4 is 34.6 Å². The number of carbonyl (C=O) groups excluding carboxylic acids is 1. The number of fused-ring (bicyclic) bond motifs is 1. The Balaban J connectivity index is 1.83. The Bertz CT molecular complexity index is 846. The van der Waals surface area contributed by atoms with Crippen molar-refractivity contribution in [1.29, 1.82) is 0 Å². The Morgan fingerprint density at radius 2 is 2.10 bits per heavy atom. The molecule has 5 heteroatoms. The van der Waals surface area contributed by atoms with Crippen LogP contribution in [0.25, 0.3) is 16.8 Å². The molecule has 102 valence electrons. The van der Waals surface area contributed by atoms with Gasteiger partial charge in [-0.15, -0.1) is 11.3 Å². The van der Waals surface area contributed by atoms with Crippen LogP contribution in [-0.4, -0.2) is 15.5 Å². The molecule has 21 heavy (non-hydrogen) atoms. The lowest BCUT2D eigenvalue weighted by atomic mass is 10.1. The van der Waals surface area contributed by atoms with E-state index in [2.05, 4.69) is 10.3 Å². The standard InChI is InChI=1S/C16H11N3OS/c20-15-13(12-5-1-2-6-14(12)18-15)10-11-4-3-8-19(11)16-17-7-9-21-16/h1-10H,(H,18,20). The lowest BCUT2D eigenvalue weighted by Crippen LogP contribution is -2.04. The number of nitrogens with zero attached hydrogens (tertiary/aromatic N) is 2. The number of benzene rings is 1. The van der Waals surface area contributed by atoms with E-state index in [4.69, 9.17) is 0 Å². The van der Waals surface area contributed by atoms with Crippen LogP contribution in [-0.2, 0) is 4.79 Å². The molecule has 1 aliphatic heterocycles. The van der Waals surface area contributed by atoms with Gasteiger partial charge >= 0.3 is 0 Å². The minimum atomic E-state index is -0.0666. The predicted octanol–water partition coefficient (Wildman–Crippen LogP) is 3.43. The Labute approximate surface area is 125 Å². The van der Waals surface area contributed by atoms with E-state index in [1.54, 1.807) is 17.5 Å². The summed E-state index contributed by atoms with van der Waals surface area (Å²) in [4.78, 5) is 16.5. The van der Waals surface area contributed by atoms with Crippen molar-refractivity contribution in [1.82, 2.24) is 9.55 Å². The van der Waals surface area contributed by atoms with E-state index >= 15 is 0 Å². The molecule has 3 aromatic rings. The summed E-state index contributed by atoms with van der Waals surface area (Å²) < 4.78 is 1.98. The molecule has 0 spiro atoms. The topological polar surface area (TPSA) is 46.9 Å². The van der Waals surface area contributed by atoms with Crippen molar-refractivity contribution in [2.45, 2.75) is 0 Å². The first-order valence-electron chi connectivity index (χ1n) is 6.52. The number of thiazole rings is 1. The first kappa shape index (κ1) is 12.1. The third kappa shape index (κ3) is 1.98. The van der Waals surface area contributed by atoms with Crippen LogP contribution in [0.4, 0.5) is 5.69 Å². The van der Waals surface area contributed by atoms with Crippen LogP contribution in [0, 0.1) is 0 Å². The van der Waals surface area contributed by atoms with E-state index in [0.29, 0.717) is 5.57 Å². The molecule has 0 unspecified atom stereocenters. The Kier molecular flexibility index (Phi) is 2.72. The van der Waals surface area contributed by atoms with Crippen LogP contribution >= 0.6 is 11.3 Å². The minimum absolute atomic E-state index is 0.0666. The van der Waals surface area contributed by atoms with Crippen molar-refractivity contribution in [3.8, 4) is 5.13 Å². The van der Waals surface area contributed by atoms with E-state index in [0.717, 1.165) is 22.1 Å². The van der Waals surface area contributed by atoms with Gasteiger partial charge < -0.3 is 5.32 Å². The molecule has 4 nitrogen and oxygen atoms in total. The fraction of sp³-hybridized carbons (Fsp3) is 0. The SMILES string of the molecule is O=C1Nc2ccccc2C1=Cc1cccn1-c1nccs1. The van der Waals surface area contributed by atoms with Crippen LogP contribution in [0.15, 0.2) is 54.2 Å². The number of nitrogens with one attached hydrogen (secondary N) is 1. The third-order valence-corrected chi connectivity index (χ3v) is 4.18. The maximum atomic E-state index is 12.2. The number of carbonyl (C=O) groups is 1. The number of aromatic nitrogens is 2. The molecule has 0 saturated carbocycles. The van der Waals surface area contributed by atoms with Gasteiger partial charge in [0.2, 0.25) is 0 Å². The summed E-state index contributed by atoms with van der Waals surface area (Å²) in [6.45, 7) is 0. The smallest absolute Gasteiger partial charge is 0.256 e. The van der Waals surface area contributed by atoms with Gasteiger partial charge in [-0.3, -0.25) is 9.36 Å². The zero-order valence-corrected chi connectivity index (χ0v) is 11.8. The third-order valence-electron chi connectivity index (χ3n) is 3.41. The lowest BCUT2D eigenvalue weighted by molar-refractivity contribution is -0.110. The second-order valence-electron chi connectivity index (χ2n) is 4.68. The normalized spacial score (nSPS) is 15.2. The van der Waals surface area contributed by atoms with E-state index in [-0.39, 0.29) is 5.91 Å². The molecular formula is C16H11N3OS. The highest BCUT2D eigenvalue weighted by molar-refractivity contribution is 7.12. The van der Waals surface area contributed by atoms with Gasteiger partial charge in [-0.05, 0) is 24.3 Å². The van der Waals surface area contributed by atoms with Crippen LogP contribution in [0.1, 0.15) is 11.3 Å². The van der Waals surface area contributed by atoms with Crippen LogP contribution in [0.3, 0.4) is 0 Å². The van der Waals surface area contributed by atoms with E-state index in [1.807, 2.05) is 58.6 Å². The lowest BCUT2D eigenvalue weighted by Gasteiger charge is -2.03. The van der Waals surface area contributed by atoms with Crippen molar-refractivity contribution < 1.29 is 4.79 Å². The Morgan fingerprint density at radius 3 is 2.95 bits per heavy atom. The molecule has 0 atom stereocenters. The molecule has 1 N–H and O–H groups in total. The number of rotatable bonds is 2. The maximum absolute atomic E-state index is 12.2. The van der Waals surface area contributed by atoms with Gasteiger partial charge in [0.05, 0.1) is 5.57 Å². The monoisotopic (exact) mass is 293 g/mol. The van der Waals surface area contributed by atoms with Gasteiger partial charge in [-0.2, -0.15) is 0 Å². The zero-order chi connectivity index (χ0) is 14.2. The molecule has 4 rings (SSSR count). The summed E-state index contributed by atoms with van der Waals surface area (Å²) in [6, 6.07) is 11.6. The van der Waals surface area contributed by atoms with Gasteiger partial charge in [-0.1, -0.05) is 18.2 Å². The van der Waals surface area contributed by atoms with Gasteiger partial charge in [0, 0.05) is 34.7 Å². The molecule has 0 fully saturated rings. The molecule has 3 heterocycles. The zero-order valence-electron chi connectivity index (χ0n) is 11.0. The number of hydrogen-bond acceptors (Lipinski definition) is 3. The number of amides is 1. The summed E-state index contributed by atoms with van der Waals surface area (Å²) in [7, 11) is 0. The summed E-state index contributed by atoms with van der Waals surface area (Å²) in [6.07, 6.45) is 5.63. The Hall–Kier alpha value is -2.66. The summed E-state index contributed by atoms with van der Waals surface area (Å²) >= 11 is 1.56. The highest BCUT2D eigenvalue weighted by Gasteiger charge is 2.23. The van der Waals surface area contributed by atoms with Crippen molar-refractivity contribution in [2.75, 3.05) is 5.32 Å². The van der Waals surface area contributed by atoms with Gasteiger partial charge in [0.1, 0.15) is 0 Å². The molecule has 0 bridgehead atoms. The fourth-order valence-electron chi connectivity index (χ4n) is 2.45. The highest BCUT2D eigenvalue weighted by Crippen LogP contribution is 2.33. The van der Waals surface area contributed by atoms with E-state index in [1.165, 1.54) is 0 Å². The molecule has 0 radical (unpaired) electrons. The fourth-order valence-corrected chi connectivity index (χ4v) is 3.10. The second kappa shape index (κ2) is 4.71. The molecular weight excluding hydrogens is 282 g/mol. The van der Waals surface area contributed by atoms with Crippen molar-refractivity contribution in [2.24, 2.45) is 0 Å². The maximum Gasteiger partial charge on any atom is 0.256 e. The van der Waals surface area contributed by atoms with Gasteiger partial charge in [0.15, 0.2) is 5.13 Å². The molecule has 2 aromatic heterocycles. The molecule has 0 aliphatic carbocycles. The van der Waals surface area contributed by atoms with Gasteiger partial charge in [0.25, 0.3) is 5.91 Å². The predicted molar refractivity (Wildman–Crippen MR) is 84.4 cm³/mol. The first-order valence-corrected chi connectivity index (χ1v) is 7.40. The number of hydrogen-bond donors (Lipinski definition) is 1. The molecule has 0 saturated heterocycles. The number of anilines is 1. The highest BCUT2D eigenvalue weighted by atomic mass is 32.1.